The summed E-state index contributed by atoms with van der Waals surface area (Å²) >= 11 is 1.62. The van der Waals surface area contributed by atoms with Crippen LogP contribution in [0.25, 0.3) is 10.7 Å². The highest BCUT2D eigenvalue weighted by Crippen LogP contribution is 2.23. The summed E-state index contributed by atoms with van der Waals surface area (Å²) in [5, 5.41) is 14.4. The molecule has 0 radical (unpaired) electrons. The smallest absolute Gasteiger partial charge is 0.142 e. The molecule has 2 N–H and O–H groups in total. The van der Waals surface area contributed by atoms with Crippen molar-refractivity contribution in [2.45, 2.75) is 19.6 Å². The van der Waals surface area contributed by atoms with Crippen LogP contribution < -0.4 is 5.32 Å². The molecular weight excluding hydrogens is 306 g/mol. The quantitative estimate of drug-likeness (QED) is 0.730. The van der Waals surface area contributed by atoms with Gasteiger partial charge in [-0.25, -0.2) is 4.98 Å². The molecule has 0 saturated carbocycles. The fourth-order valence-electron chi connectivity index (χ4n) is 2.32. The van der Waals surface area contributed by atoms with Crippen molar-refractivity contribution in [2.24, 2.45) is 0 Å². The normalized spacial score (nSPS) is 12.3. The third-order valence-corrected chi connectivity index (χ3v) is 4.52. The van der Waals surface area contributed by atoms with E-state index in [2.05, 4.69) is 15.3 Å². The van der Waals surface area contributed by atoms with E-state index in [1.807, 2.05) is 55.6 Å². The maximum Gasteiger partial charge on any atom is 0.142 e. The molecule has 0 aliphatic rings. The van der Waals surface area contributed by atoms with Gasteiger partial charge in [-0.1, -0.05) is 35.9 Å². The van der Waals surface area contributed by atoms with Gasteiger partial charge in [-0.3, -0.25) is 4.98 Å². The molecule has 0 aliphatic carbocycles. The van der Waals surface area contributed by atoms with Crippen LogP contribution in [0.4, 0.5) is 0 Å². The van der Waals surface area contributed by atoms with E-state index < -0.39 is 6.10 Å². The number of hydrogen-bond donors (Lipinski definition) is 2. The van der Waals surface area contributed by atoms with Crippen molar-refractivity contribution in [3.63, 3.8) is 0 Å². The summed E-state index contributed by atoms with van der Waals surface area (Å²) in [6.45, 7) is 3.23. The van der Waals surface area contributed by atoms with Crippen molar-refractivity contribution in [1.82, 2.24) is 15.3 Å². The molecule has 1 aromatic carbocycles. The summed E-state index contributed by atoms with van der Waals surface area (Å²) < 4.78 is 0. The van der Waals surface area contributed by atoms with Gasteiger partial charge in [-0.05, 0) is 24.6 Å². The lowest BCUT2D eigenvalue weighted by Crippen LogP contribution is -2.20. The second kappa shape index (κ2) is 7.46. The van der Waals surface area contributed by atoms with Crippen LogP contribution in [-0.2, 0) is 6.54 Å². The molecule has 118 valence electrons. The van der Waals surface area contributed by atoms with Crippen LogP contribution in [-0.4, -0.2) is 21.6 Å². The lowest BCUT2D eigenvalue weighted by molar-refractivity contribution is 0.174. The summed E-state index contributed by atoms with van der Waals surface area (Å²) in [5.74, 6) is 0. The number of rotatable bonds is 6. The summed E-state index contributed by atoms with van der Waals surface area (Å²) in [6.07, 6.45) is 3.13. The average molecular weight is 325 g/mol. The summed E-state index contributed by atoms with van der Waals surface area (Å²) in [6, 6.07) is 13.8. The summed E-state index contributed by atoms with van der Waals surface area (Å²) in [4.78, 5) is 9.84. The SMILES string of the molecule is Cc1cccc(C(O)CNCc2cnc(-c3ccccn3)s2)c1. The van der Waals surface area contributed by atoms with E-state index in [1.165, 1.54) is 0 Å². The number of nitrogens with zero attached hydrogens (tertiary/aromatic N) is 2. The predicted molar refractivity (Wildman–Crippen MR) is 93.2 cm³/mol. The zero-order chi connectivity index (χ0) is 16.1. The van der Waals surface area contributed by atoms with Gasteiger partial charge >= 0.3 is 0 Å². The Balaban J connectivity index is 1.54. The number of benzene rings is 1. The zero-order valence-corrected chi connectivity index (χ0v) is 13.8. The van der Waals surface area contributed by atoms with Gasteiger partial charge in [0.25, 0.3) is 0 Å². The Labute approximate surface area is 139 Å². The minimum Gasteiger partial charge on any atom is -0.387 e. The van der Waals surface area contributed by atoms with E-state index in [9.17, 15) is 5.11 Å². The first-order chi connectivity index (χ1) is 11.2. The Bertz CT molecular complexity index is 758. The minimum absolute atomic E-state index is 0.502. The number of nitrogens with one attached hydrogen (secondary N) is 1. The van der Waals surface area contributed by atoms with Gasteiger partial charge in [0.15, 0.2) is 0 Å². The fourth-order valence-corrected chi connectivity index (χ4v) is 3.18. The number of aliphatic hydroxyl groups excluding tert-OH is 1. The Morgan fingerprint density at radius 1 is 1.17 bits per heavy atom. The molecule has 0 amide bonds. The van der Waals surface area contributed by atoms with E-state index in [1.54, 1.807) is 17.5 Å². The van der Waals surface area contributed by atoms with E-state index >= 15 is 0 Å². The average Bonchev–Trinajstić information content (AvgIpc) is 3.04. The Kier molecular flexibility index (Phi) is 5.12. The number of aryl methyl sites for hydroxylation is 1. The van der Waals surface area contributed by atoms with Crippen LogP contribution in [0.3, 0.4) is 0 Å². The second-order valence-corrected chi connectivity index (χ2v) is 6.52. The molecule has 2 heterocycles. The second-order valence-electron chi connectivity index (χ2n) is 5.41. The maximum absolute atomic E-state index is 10.2. The van der Waals surface area contributed by atoms with Gasteiger partial charge in [0.1, 0.15) is 5.01 Å². The van der Waals surface area contributed by atoms with Gasteiger partial charge in [0, 0.05) is 30.4 Å². The number of aliphatic hydroxyl groups is 1. The van der Waals surface area contributed by atoms with Crippen molar-refractivity contribution in [3.05, 3.63) is 70.9 Å². The van der Waals surface area contributed by atoms with E-state index in [0.29, 0.717) is 13.1 Å². The van der Waals surface area contributed by atoms with Gasteiger partial charge in [0.05, 0.1) is 11.8 Å². The Hall–Kier alpha value is -2.08. The highest BCUT2D eigenvalue weighted by molar-refractivity contribution is 7.14. The first-order valence-electron chi connectivity index (χ1n) is 7.54. The molecule has 4 nitrogen and oxygen atoms in total. The van der Waals surface area contributed by atoms with Gasteiger partial charge in [-0.15, -0.1) is 11.3 Å². The molecule has 3 aromatic rings. The van der Waals surface area contributed by atoms with Crippen LogP contribution in [0.15, 0.2) is 54.9 Å². The van der Waals surface area contributed by atoms with Crippen molar-refractivity contribution in [1.29, 1.82) is 0 Å². The molecule has 0 fully saturated rings. The zero-order valence-electron chi connectivity index (χ0n) is 12.9. The molecule has 3 rings (SSSR count). The summed E-state index contributed by atoms with van der Waals surface area (Å²) in [7, 11) is 0. The van der Waals surface area contributed by atoms with Crippen LogP contribution in [0.2, 0.25) is 0 Å². The van der Waals surface area contributed by atoms with Gasteiger partial charge in [0.2, 0.25) is 0 Å². The maximum atomic E-state index is 10.2. The Morgan fingerprint density at radius 3 is 2.87 bits per heavy atom. The first-order valence-corrected chi connectivity index (χ1v) is 8.35. The van der Waals surface area contributed by atoms with E-state index in [4.69, 9.17) is 0 Å². The third kappa shape index (κ3) is 4.22. The molecular formula is C18H19N3OS. The van der Waals surface area contributed by atoms with Crippen LogP contribution >= 0.6 is 11.3 Å². The van der Waals surface area contributed by atoms with Crippen molar-refractivity contribution in [3.8, 4) is 10.7 Å². The minimum atomic E-state index is -0.502. The largest absolute Gasteiger partial charge is 0.387 e. The molecule has 1 atom stereocenters. The van der Waals surface area contributed by atoms with Crippen molar-refractivity contribution < 1.29 is 5.11 Å². The van der Waals surface area contributed by atoms with Crippen LogP contribution in [0.5, 0.6) is 0 Å². The fraction of sp³-hybridized carbons (Fsp3) is 0.222. The molecule has 5 heteroatoms. The van der Waals surface area contributed by atoms with Crippen LogP contribution in [0.1, 0.15) is 22.1 Å². The molecule has 0 aliphatic heterocycles. The first kappa shape index (κ1) is 15.8. The molecule has 0 bridgehead atoms. The van der Waals surface area contributed by atoms with Crippen LogP contribution in [0, 0.1) is 6.92 Å². The topological polar surface area (TPSA) is 58.0 Å². The van der Waals surface area contributed by atoms with E-state index in [-0.39, 0.29) is 0 Å². The van der Waals surface area contributed by atoms with Gasteiger partial charge < -0.3 is 10.4 Å². The van der Waals surface area contributed by atoms with Crippen molar-refractivity contribution >= 4 is 11.3 Å². The number of hydrogen-bond acceptors (Lipinski definition) is 5. The molecule has 0 spiro atoms. The molecule has 23 heavy (non-hydrogen) atoms. The Morgan fingerprint density at radius 2 is 2.09 bits per heavy atom. The summed E-state index contributed by atoms with van der Waals surface area (Å²) in [5.41, 5.74) is 2.99. The molecule has 0 saturated heterocycles. The highest BCUT2D eigenvalue weighted by atomic mass is 32.1. The number of pyridine rings is 1. The monoisotopic (exact) mass is 325 g/mol. The van der Waals surface area contributed by atoms with Crippen molar-refractivity contribution in [2.75, 3.05) is 6.54 Å². The predicted octanol–water partition coefficient (Wildman–Crippen LogP) is 3.34. The lowest BCUT2D eigenvalue weighted by atomic mass is 10.1. The lowest BCUT2D eigenvalue weighted by Gasteiger charge is -2.12. The number of aromatic nitrogens is 2. The molecule has 2 aromatic heterocycles. The van der Waals surface area contributed by atoms with E-state index in [0.717, 1.165) is 26.7 Å². The highest BCUT2D eigenvalue weighted by Gasteiger charge is 2.09. The van der Waals surface area contributed by atoms with Gasteiger partial charge in [-0.2, -0.15) is 0 Å². The number of thiazole rings is 1. The standard InChI is InChI=1S/C18H19N3OS/c1-13-5-4-6-14(9-13)17(22)12-19-10-15-11-21-18(23-15)16-7-2-3-8-20-16/h2-9,11,17,19,22H,10,12H2,1H3. The third-order valence-electron chi connectivity index (χ3n) is 3.50. The molecule has 1 unspecified atom stereocenters.